The summed E-state index contributed by atoms with van der Waals surface area (Å²) in [5.41, 5.74) is 5.38. The fourth-order valence-corrected chi connectivity index (χ4v) is 1.61. The summed E-state index contributed by atoms with van der Waals surface area (Å²) in [6.07, 6.45) is 0.575. The second kappa shape index (κ2) is 10.7. The van der Waals surface area contributed by atoms with Gasteiger partial charge >= 0.3 is 0 Å². The quantitative estimate of drug-likeness (QED) is 0.686. The van der Waals surface area contributed by atoms with Crippen molar-refractivity contribution in [1.29, 1.82) is 0 Å². The molecule has 1 unspecified atom stereocenters. The first-order valence-corrected chi connectivity index (χ1v) is 7.56. The molecular weight excluding hydrogens is 336 g/mol. The predicted molar refractivity (Wildman–Crippen MR) is 97.6 cm³/mol. The Morgan fingerprint density at radius 1 is 1.30 bits per heavy atom. The van der Waals surface area contributed by atoms with E-state index in [0.717, 1.165) is 5.56 Å². The molecule has 1 aromatic carbocycles. The number of hydrogen-bond acceptors (Lipinski definition) is 5. The van der Waals surface area contributed by atoms with Gasteiger partial charge in [0.1, 0.15) is 18.1 Å². The second-order valence-corrected chi connectivity index (χ2v) is 5.76. The highest BCUT2D eigenvalue weighted by molar-refractivity contribution is 7.80. The van der Waals surface area contributed by atoms with Crippen LogP contribution in [-0.2, 0) is 16.0 Å². The molecule has 23 heavy (non-hydrogen) atoms. The van der Waals surface area contributed by atoms with Crippen molar-refractivity contribution in [1.82, 2.24) is 4.90 Å². The molecule has 1 rings (SSSR count). The molecule has 0 heterocycles. The average molecular weight is 358 g/mol. The van der Waals surface area contributed by atoms with Crippen LogP contribution in [0.1, 0.15) is 12.5 Å². The molecule has 0 amide bonds. The SMILES string of the molecule is CC(=O)C(COC(=S)N(C)C)Cc1ccc(O)cc1.NC(O)=S. The number of aliphatic hydroxyl groups is 1. The maximum Gasteiger partial charge on any atom is 0.258 e. The van der Waals surface area contributed by atoms with Gasteiger partial charge in [-0.2, -0.15) is 0 Å². The molecule has 6 nitrogen and oxygen atoms in total. The van der Waals surface area contributed by atoms with Crippen molar-refractivity contribution in [2.24, 2.45) is 11.7 Å². The summed E-state index contributed by atoms with van der Waals surface area (Å²) < 4.78 is 5.41. The van der Waals surface area contributed by atoms with Gasteiger partial charge in [0.25, 0.3) is 10.3 Å². The van der Waals surface area contributed by atoms with Crippen LogP contribution in [0.2, 0.25) is 0 Å². The van der Waals surface area contributed by atoms with Crippen LogP contribution in [0.4, 0.5) is 0 Å². The lowest BCUT2D eigenvalue weighted by molar-refractivity contribution is -0.121. The van der Waals surface area contributed by atoms with E-state index in [0.29, 0.717) is 11.6 Å². The molecule has 0 aliphatic heterocycles. The Hall–Kier alpha value is -1.93. The minimum atomic E-state index is -0.500. The van der Waals surface area contributed by atoms with E-state index in [4.69, 9.17) is 22.1 Å². The van der Waals surface area contributed by atoms with Gasteiger partial charge in [-0.1, -0.05) is 12.1 Å². The molecule has 0 radical (unpaired) electrons. The highest BCUT2D eigenvalue weighted by Gasteiger charge is 2.17. The summed E-state index contributed by atoms with van der Waals surface area (Å²) in [7, 11) is 3.59. The number of carbonyl (C=O) groups is 1. The average Bonchev–Trinajstić information content (AvgIpc) is 2.44. The van der Waals surface area contributed by atoms with Gasteiger partial charge < -0.3 is 25.6 Å². The van der Waals surface area contributed by atoms with Crippen molar-refractivity contribution in [3.8, 4) is 5.75 Å². The molecule has 4 N–H and O–H groups in total. The van der Waals surface area contributed by atoms with Gasteiger partial charge in [0.05, 0.1) is 5.92 Å². The molecule has 0 bridgehead atoms. The number of ketones is 1. The third-order valence-corrected chi connectivity index (χ3v) is 3.25. The zero-order valence-electron chi connectivity index (χ0n) is 13.4. The zero-order valence-corrected chi connectivity index (χ0v) is 15.0. The second-order valence-electron chi connectivity index (χ2n) is 4.99. The first kappa shape index (κ1) is 21.1. The molecule has 0 saturated carbocycles. The molecule has 0 aliphatic rings. The Kier molecular flexibility index (Phi) is 9.84. The number of phenols is 1. The molecule has 1 aromatic rings. The van der Waals surface area contributed by atoms with E-state index in [1.54, 1.807) is 50.2 Å². The molecule has 128 valence electrons. The van der Waals surface area contributed by atoms with Crippen molar-refractivity contribution >= 4 is 40.6 Å². The Labute approximate surface area is 146 Å². The minimum absolute atomic E-state index is 0.0645. The van der Waals surface area contributed by atoms with Crippen LogP contribution in [0.25, 0.3) is 0 Å². The van der Waals surface area contributed by atoms with Crippen LogP contribution >= 0.6 is 24.4 Å². The van der Waals surface area contributed by atoms with Gasteiger partial charge in [-0.05, 0) is 55.5 Å². The van der Waals surface area contributed by atoms with Crippen LogP contribution in [0.15, 0.2) is 24.3 Å². The lowest BCUT2D eigenvalue weighted by atomic mass is 9.97. The van der Waals surface area contributed by atoms with Crippen LogP contribution in [0.5, 0.6) is 5.75 Å². The largest absolute Gasteiger partial charge is 0.508 e. The number of ether oxygens (including phenoxy) is 1. The van der Waals surface area contributed by atoms with Gasteiger partial charge in [0, 0.05) is 14.1 Å². The molecule has 1 atom stereocenters. The number of Topliss-reactive ketones (excluding diaryl/α,β-unsaturated/α-hetero) is 1. The summed E-state index contributed by atoms with van der Waals surface area (Å²) in [5.74, 6) is 0.0465. The summed E-state index contributed by atoms with van der Waals surface area (Å²) in [5, 5.41) is 16.7. The number of rotatable bonds is 5. The Bertz CT molecular complexity index is 529. The number of thiocarbonyl (C=S) groups is 2. The van der Waals surface area contributed by atoms with E-state index in [2.05, 4.69) is 18.0 Å². The van der Waals surface area contributed by atoms with E-state index in [9.17, 15) is 9.90 Å². The molecule has 0 aromatic heterocycles. The summed E-state index contributed by atoms with van der Waals surface area (Å²) in [6, 6.07) is 6.82. The van der Waals surface area contributed by atoms with Crippen molar-refractivity contribution in [2.45, 2.75) is 13.3 Å². The van der Waals surface area contributed by atoms with E-state index < -0.39 is 5.17 Å². The lowest BCUT2D eigenvalue weighted by Crippen LogP contribution is -2.28. The zero-order chi connectivity index (χ0) is 18.0. The number of carbonyl (C=O) groups excluding carboxylic acids is 1. The molecule has 0 fully saturated rings. The van der Waals surface area contributed by atoms with Crippen molar-refractivity contribution in [3.63, 3.8) is 0 Å². The molecule has 8 heteroatoms. The third kappa shape index (κ3) is 10.4. The van der Waals surface area contributed by atoms with Gasteiger partial charge in [-0.15, -0.1) is 0 Å². The molecular formula is C15H22N2O4S2. The van der Waals surface area contributed by atoms with Crippen molar-refractivity contribution in [2.75, 3.05) is 20.7 Å². The lowest BCUT2D eigenvalue weighted by Gasteiger charge is -2.18. The number of hydrogen-bond donors (Lipinski definition) is 3. The fraction of sp³-hybridized carbons (Fsp3) is 0.400. The monoisotopic (exact) mass is 358 g/mol. The first-order valence-electron chi connectivity index (χ1n) is 6.74. The molecule has 0 saturated heterocycles. The molecule has 0 spiro atoms. The van der Waals surface area contributed by atoms with Crippen LogP contribution in [0, 0.1) is 5.92 Å². The van der Waals surface area contributed by atoms with Crippen molar-refractivity contribution < 1.29 is 19.7 Å². The fourth-order valence-electron chi connectivity index (χ4n) is 1.54. The number of phenolic OH excluding ortho intramolecular Hbond substituents is 1. The van der Waals surface area contributed by atoms with Crippen LogP contribution in [-0.4, -0.2) is 51.9 Å². The topological polar surface area (TPSA) is 96.0 Å². The van der Waals surface area contributed by atoms with Crippen molar-refractivity contribution in [3.05, 3.63) is 29.8 Å². The summed E-state index contributed by atoms with van der Waals surface area (Å²) in [4.78, 5) is 13.3. The Balaban J connectivity index is 0.00000108. The van der Waals surface area contributed by atoms with Gasteiger partial charge in [0.15, 0.2) is 0 Å². The van der Waals surface area contributed by atoms with Gasteiger partial charge in [-0.25, -0.2) is 0 Å². The molecule has 0 aliphatic carbocycles. The maximum absolute atomic E-state index is 11.6. The van der Waals surface area contributed by atoms with Gasteiger partial charge in [-0.3, -0.25) is 4.79 Å². The van der Waals surface area contributed by atoms with E-state index in [1.807, 2.05) is 0 Å². The third-order valence-electron chi connectivity index (χ3n) is 2.77. The smallest absolute Gasteiger partial charge is 0.258 e. The number of benzene rings is 1. The highest BCUT2D eigenvalue weighted by atomic mass is 32.1. The number of aromatic hydroxyl groups is 1. The summed E-state index contributed by atoms with van der Waals surface area (Å²) >= 11 is 8.89. The summed E-state index contributed by atoms with van der Waals surface area (Å²) in [6.45, 7) is 1.82. The van der Waals surface area contributed by atoms with Gasteiger partial charge in [0.2, 0.25) is 0 Å². The number of nitrogens with zero attached hydrogens (tertiary/aromatic N) is 1. The van der Waals surface area contributed by atoms with E-state index >= 15 is 0 Å². The number of nitrogens with two attached hydrogens (primary N) is 1. The Morgan fingerprint density at radius 3 is 2.17 bits per heavy atom. The van der Waals surface area contributed by atoms with E-state index in [-0.39, 0.29) is 24.1 Å². The predicted octanol–water partition coefficient (Wildman–Crippen LogP) is 1.79. The van der Waals surface area contributed by atoms with Crippen LogP contribution in [0.3, 0.4) is 0 Å². The standard InChI is InChI=1S/C14H19NO3S.CH3NOS/c1-10(16)12(9-18-14(19)15(2)3)8-11-4-6-13(17)7-5-11;2-1(3)4/h4-7,12,17H,8-9H2,1-3H3;(H3,2,3,4). The van der Waals surface area contributed by atoms with E-state index in [1.165, 1.54) is 0 Å². The van der Waals surface area contributed by atoms with Crippen LogP contribution < -0.4 is 5.73 Å². The minimum Gasteiger partial charge on any atom is -0.508 e. The maximum atomic E-state index is 11.6. The first-order chi connectivity index (χ1) is 10.6. The number of aliphatic hydroxyl groups excluding tert-OH is 1. The Morgan fingerprint density at radius 2 is 1.78 bits per heavy atom. The highest BCUT2D eigenvalue weighted by Crippen LogP contribution is 2.15. The normalized spacial score (nSPS) is 10.7.